The number of rotatable bonds is 5. The minimum Gasteiger partial charge on any atom is -0.435 e. The number of ether oxygens (including phenoxy) is 2. The molecule has 0 spiro atoms. The molecule has 0 fully saturated rings. The van der Waals surface area contributed by atoms with Crippen molar-refractivity contribution in [3.05, 3.63) is 40.8 Å². The maximum atomic E-state index is 13.0. The third kappa shape index (κ3) is 4.34. The lowest BCUT2D eigenvalue weighted by molar-refractivity contribution is 0.0294. The van der Waals surface area contributed by atoms with Gasteiger partial charge in [-0.25, -0.2) is 9.69 Å². The standard InChI is InChI=1S/C17H21N3O5/c1-6-23-17(22)25-13(5)20(16-19-18-12(4)24-16)15(21)14-8-7-10(2)9-11(14)3/h7-9,13H,6H2,1-5H3. The van der Waals surface area contributed by atoms with Crippen LogP contribution in [0.4, 0.5) is 10.8 Å². The van der Waals surface area contributed by atoms with E-state index in [4.69, 9.17) is 13.9 Å². The number of amides is 1. The van der Waals surface area contributed by atoms with E-state index in [0.29, 0.717) is 5.56 Å². The van der Waals surface area contributed by atoms with Gasteiger partial charge in [-0.3, -0.25) is 4.79 Å². The predicted molar refractivity (Wildman–Crippen MR) is 89.3 cm³/mol. The van der Waals surface area contributed by atoms with Gasteiger partial charge >= 0.3 is 12.2 Å². The van der Waals surface area contributed by atoms with Crippen molar-refractivity contribution < 1.29 is 23.5 Å². The van der Waals surface area contributed by atoms with Crippen LogP contribution < -0.4 is 4.90 Å². The summed E-state index contributed by atoms with van der Waals surface area (Å²) >= 11 is 0. The van der Waals surface area contributed by atoms with Crippen molar-refractivity contribution in [1.82, 2.24) is 10.2 Å². The van der Waals surface area contributed by atoms with Gasteiger partial charge in [-0.1, -0.05) is 22.8 Å². The van der Waals surface area contributed by atoms with Crippen LogP contribution in [0.1, 0.15) is 41.2 Å². The Kier molecular flexibility index (Phi) is 5.74. The highest BCUT2D eigenvalue weighted by molar-refractivity contribution is 6.06. The van der Waals surface area contributed by atoms with Gasteiger partial charge in [0.25, 0.3) is 5.91 Å². The first-order valence-electron chi connectivity index (χ1n) is 7.87. The van der Waals surface area contributed by atoms with Crippen molar-refractivity contribution in [2.45, 2.75) is 40.8 Å². The average Bonchev–Trinajstić information content (AvgIpc) is 2.93. The van der Waals surface area contributed by atoms with Crippen molar-refractivity contribution in [2.24, 2.45) is 0 Å². The van der Waals surface area contributed by atoms with Crippen LogP contribution in [0.25, 0.3) is 0 Å². The third-order valence-electron chi connectivity index (χ3n) is 3.45. The van der Waals surface area contributed by atoms with E-state index >= 15 is 0 Å². The van der Waals surface area contributed by atoms with Gasteiger partial charge in [-0.2, -0.15) is 0 Å². The maximum absolute atomic E-state index is 13.0. The Morgan fingerprint density at radius 2 is 1.96 bits per heavy atom. The van der Waals surface area contributed by atoms with Crippen LogP contribution in [0.3, 0.4) is 0 Å². The van der Waals surface area contributed by atoms with Crippen LogP contribution in [0, 0.1) is 20.8 Å². The van der Waals surface area contributed by atoms with Crippen LogP contribution in [-0.4, -0.2) is 35.1 Å². The first-order chi connectivity index (χ1) is 11.8. The van der Waals surface area contributed by atoms with Crippen molar-refractivity contribution in [2.75, 3.05) is 11.5 Å². The second kappa shape index (κ2) is 7.78. The number of carbonyl (C=O) groups excluding carboxylic acids is 2. The molecular formula is C17H21N3O5. The molecule has 2 rings (SSSR count). The van der Waals surface area contributed by atoms with Gasteiger partial charge in [0, 0.05) is 12.5 Å². The van der Waals surface area contributed by atoms with Crippen LogP contribution in [0.15, 0.2) is 22.6 Å². The van der Waals surface area contributed by atoms with Gasteiger partial charge < -0.3 is 13.9 Å². The molecule has 0 aliphatic carbocycles. The first kappa shape index (κ1) is 18.4. The summed E-state index contributed by atoms with van der Waals surface area (Å²) in [5, 5.41) is 7.61. The Bertz CT molecular complexity index is 771. The average molecular weight is 347 g/mol. The fourth-order valence-corrected chi connectivity index (χ4v) is 2.32. The summed E-state index contributed by atoms with van der Waals surface area (Å²) in [5.74, 6) is -0.130. The molecule has 1 amide bonds. The van der Waals surface area contributed by atoms with E-state index in [-0.39, 0.29) is 18.5 Å². The molecule has 0 radical (unpaired) electrons. The topological polar surface area (TPSA) is 94.8 Å². The summed E-state index contributed by atoms with van der Waals surface area (Å²) in [5.41, 5.74) is 2.26. The van der Waals surface area contributed by atoms with Gasteiger partial charge in [-0.05, 0) is 39.3 Å². The molecule has 0 saturated carbocycles. The van der Waals surface area contributed by atoms with Crippen LogP contribution in [-0.2, 0) is 9.47 Å². The molecule has 25 heavy (non-hydrogen) atoms. The molecule has 1 unspecified atom stereocenters. The van der Waals surface area contributed by atoms with Crippen LogP contribution >= 0.6 is 0 Å². The molecule has 1 aromatic heterocycles. The van der Waals surface area contributed by atoms with Gasteiger partial charge in [0.1, 0.15) is 0 Å². The van der Waals surface area contributed by atoms with Crippen molar-refractivity contribution in [3.8, 4) is 0 Å². The molecular weight excluding hydrogens is 326 g/mol. The fraction of sp³-hybridized carbons (Fsp3) is 0.412. The second-order valence-corrected chi connectivity index (χ2v) is 5.50. The number of benzene rings is 1. The van der Waals surface area contributed by atoms with E-state index in [2.05, 4.69) is 10.2 Å². The highest BCUT2D eigenvalue weighted by Gasteiger charge is 2.31. The number of aromatic nitrogens is 2. The minimum atomic E-state index is -0.993. The van der Waals surface area contributed by atoms with E-state index in [1.807, 2.05) is 26.0 Å². The van der Waals surface area contributed by atoms with Crippen molar-refractivity contribution in [1.29, 1.82) is 0 Å². The summed E-state index contributed by atoms with van der Waals surface area (Å²) < 4.78 is 15.3. The van der Waals surface area contributed by atoms with Gasteiger partial charge in [0.05, 0.1) is 6.61 Å². The summed E-state index contributed by atoms with van der Waals surface area (Å²) in [6.45, 7) is 8.72. The zero-order chi connectivity index (χ0) is 18.6. The summed E-state index contributed by atoms with van der Waals surface area (Å²) in [7, 11) is 0. The van der Waals surface area contributed by atoms with Gasteiger partial charge in [0.15, 0.2) is 6.23 Å². The lowest BCUT2D eigenvalue weighted by Crippen LogP contribution is -2.42. The molecule has 2 aromatic rings. The van der Waals surface area contributed by atoms with Gasteiger partial charge in [0.2, 0.25) is 5.89 Å². The van der Waals surface area contributed by atoms with Crippen LogP contribution in [0.2, 0.25) is 0 Å². The number of hydrogen-bond donors (Lipinski definition) is 0. The van der Waals surface area contributed by atoms with E-state index in [1.165, 1.54) is 6.92 Å². The summed E-state index contributed by atoms with van der Waals surface area (Å²) in [6.07, 6.45) is -1.88. The van der Waals surface area contributed by atoms with E-state index < -0.39 is 18.3 Å². The number of anilines is 1. The lowest BCUT2D eigenvalue weighted by Gasteiger charge is -2.25. The molecule has 134 valence electrons. The molecule has 0 aliphatic heterocycles. The monoisotopic (exact) mass is 347 g/mol. The van der Waals surface area contributed by atoms with Crippen molar-refractivity contribution >= 4 is 18.1 Å². The number of hydrogen-bond acceptors (Lipinski definition) is 7. The number of nitrogens with zero attached hydrogens (tertiary/aromatic N) is 3. The quantitative estimate of drug-likeness (QED) is 0.605. The Morgan fingerprint density at radius 3 is 2.52 bits per heavy atom. The summed E-state index contributed by atoms with van der Waals surface area (Å²) in [4.78, 5) is 25.8. The second-order valence-electron chi connectivity index (χ2n) is 5.50. The number of carbonyl (C=O) groups is 2. The predicted octanol–water partition coefficient (Wildman–Crippen LogP) is 3.16. The Hall–Kier alpha value is -2.90. The highest BCUT2D eigenvalue weighted by Crippen LogP contribution is 2.22. The molecule has 0 bridgehead atoms. The third-order valence-corrected chi connectivity index (χ3v) is 3.45. The first-order valence-corrected chi connectivity index (χ1v) is 7.87. The Labute approximate surface area is 145 Å². The van der Waals surface area contributed by atoms with Crippen molar-refractivity contribution in [3.63, 3.8) is 0 Å². The Morgan fingerprint density at radius 1 is 1.24 bits per heavy atom. The fourth-order valence-electron chi connectivity index (χ4n) is 2.32. The molecule has 8 heteroatoms. The molecule has 0 aliphatic rings. The smallest absolute Gasteiger partial charge is 0.435 e. The van der Waals surface area contributed by atoms with E-state index in [0.717, 1.165) is 16.0 Å². The highest BCUT2D eigenvalue weighted by atomic mass is 16.7. The minimum absolute atomic E-state index is 0.0562. The molecule has 0 saturated heterocycles. The lowest BCUT2D eigenvalue weighted by atomic mass is 10.0. The summed E-state index contributed by atoms with van der Waals surface area (Å²) in [6, 6.07) is 5.37. The number of aryl methyl sites for hydroxylation is 3. The molecule has 1 heterocycles. The normalized spacial score (nSPS) is 11.7. The van der Waals surface area contributed by atoms with E-state index in [1.54, 1.807) is 19.9 Å². The Balaban J connectivity index is 2.37. The van der Waals surface area contributed by atoms with Gasteiger partial charge in [-0.15, -0.1) is 5.10 Å². The van der Waals surface area contributed by atoms with E-state index in [9.17, 15) is 9.59 Å². The molecule has 1 aromatic carbocycles. The molecule has 0 N–H and O–H groups in total. The SMILES string of the molecule is CCOC(=O)OC(C)N(C(=O)c1ccc(C)cc1C)c1nnc(C)o1. The largest absolute Gasteiger partial charge is 0.510 e. The zero-order valence-electron chi connectivity index (χ0n) is 14.9. The molecule has 1 atom stereocenters. The maximum Gasteiger partial charge on any atom is 0.510 e. The zero-order valence-corrected chi connectivity index (χ0v) is 14.9. The molecule has 8 nitrogen and oxygen atoms in total. The van der Waals surface area contributed by atoms with Crippen LogP contribution in [0.5, 0.6) is 0 Å².